The maximum absolute atomic E-state index is 12.7. The highest BCUT2D eigenvalue weighted by atomic mass is 16.5. The van der Waals surface area contributed by atoms with Gasteiger partial charge < -0.3 is 14.3 Å². The summed E-state index contributed by atoms with van der Waals surface area (Å²) in [5.74, 6) is -0.0760. The molecule has 2 aromatic rings. The number of quaternary nitrogens is 1. The fourth-order valence-corrected chi connectivity index (χ4v) is 6.79. The maximum Gasteiger partial charge on any atom is 0.305 e. The lowest BCUT2D eigenvalue weighted by molar-refractivity contribution is -0.956. The maximum atomic E-state index is 12.7. The minimum absolute atomic E-state index is 0.0760. The molecule has 0 saturated carbocycles. The number of hydrogen-bond donors (Lipinski definition) is 1. The number of nitrogens with zero attached hydrogens (tertiary/aromatic N) is 1. The highest BCUT2D eigenvalue weighted by Gasteiger charge is 2.32. The number of hydrogen-bond acceptors (Lipinski definition) is 3. The molecule has 0 heterocycles. The van der Waals surface area contributed by atoms with E-state index in [1.54, 1.807) is 0 Å². The average Bonchev–Trinajstić information content (AvgIpc) is 3.05. The Bertz CT molecular complexity index is 922. The van der Waals surface area contributed by atoms with E-state index in [4.69, 9.17) is 4.74 Å². The van der Waals surface area contributed by atoms with Gasteiger partial charge in [-0.1, -0.05) is 190 Å². The molecule has 0 bridgehead atoms. The first kappa shape index (κ1) is 40.0. The molecule has 4 heteroatoms. The van der Waals surface area contributed by atoms with Crippen LogP contribution in [0.4, 0.5) is 0 Å². The number of aliphatic hydroxyl groups is 1. The summed E-state index contributed by atoms with van der Waals surface area (Å²) in [4.78, 5) is 12.7. The summed E-state index contributed by atoms with van der Waals surface area (Å²) in [6.07, 6.45) is 25.1. The van der Waals surface area contributed by atoms with Crippen LogP contribution in [0.3, 0.4) is 0 Å². The molecule has 0 aliphatic heterocycles. The number of benzene rings is 2. The second kappa shape index (κ2) is 26.9. The zero-order chi connectivity index (χ0) is 33.0. The van der Waals surface area contributed by atoms with Crippen molar-refractivity contribution in [1.29, 1.82) is 0 Å². The van der Waals surface area contributed by atoms with Crippen molar-refractivity contribution in [2.75, 3.05) is 19.7 Å². The van der Waals surface area contributed by atoms with E-state index in [0.717, 1.165) is 38.8 Å². The standard InChI is InChI=1S/C42H70NO3/c1-3-5-7-9-11-13-14-15-17-19-27-33-42(45)46-35-34-43(36-39-28-22-20-23-29-39,37-40-30-24-21-25-31-40)38-41(44)32-26-18-16-12-10-8-6-4-2/h20-25,28-31,41,44H,3-19,26-27,32-38H2,1-2H3/q+1. The zero-order valence-electron chi connectivity index (χ0n) is 29.9. The summed E-state index contributed by atoms with van der Waals surface area (Å²) >= 11 is 0. The van der Waals surface area contributed by atoms with E-state index in [9.17, 15) is 9.90 Å². The van der Waals surface area contributed by atoms with Gasteiger partial charge in [-0.3, -0.25) is 4.79 Å². The molecule has 0 aliphatic rings. The van der Waals surface area contributed by atoms with E-state index >= 15 is 0 Å². The van der Waals surface area contributed by atoms with Gasteiger partial charge in [0.05, 0.1) is 0 Å². The highest BCUT2D eigenvalue weighted by Crippen LogP contribution is 2.23. The number of unbranched alkanes of at least 4 members (excludes halogenated alkanes) is 17. The topological polar surface area (TPSA) is 46.5 Å². The summed E-state index contributed by atoms with van der Waals surface area (Å²) in [7, 11) is 0. The molecule has 1 atom stereocenters. The molecular weight excluding hydrogens is 566 g/mol. The number of carbonyl (C=O) groups is 1. The number of rotatable bonds is 30. The Kier molecular flexibility index (Phi) is 23.4. The van der Waals surface area contributed by atoms with Crippen LogP contribution in [-0.2, 0) is 22.6 Å². The van der Waals surface area contributed by atoms with Crippen molar-refractivity contribution in [2.24, 2.45) is 0 Å². The van der Waals surface area contributed by atoms with Crippen LogP contribution in [-0.4, -0.2) is 41.4 Å². The van der Waals surface area contributed by atoms with E-state index in [2.05, 4.69) is 74.5 Å². The first-order chi connectivity index (χ1) is 22.6. The minimum Gasteiger partial charge on any atom is -0.460 e. The lowest BCUT2D eigenvalue weighted by Gasteiger charge is -2.40. The summed E-state index contributed by atoms with van der Waals surface area (Å²) in [6, 6.07) is 21.2. The second-order valence-electron chi connectivity index (χ2n) is 14.0. The number of ether oxygens (including phenoxy) is 1. The molecule has 46 heavy (non-hydrogen) atoms. The van der Waals surface area contributed by atoms with Crippen molar-refractivity contribution >= 4 is 5.97 Å². The summed E-state index contributed by atoms with van der Waals surface area (Å²) in [5.41, 5.74) is 2.51. The predicted molar refractivity (Wildman–Crippen MR) is 196 cm³/mol. The third kappa shape index (κ3) is 20.1. The zero-order valence-corrected chi connectivity index (χ0v) is 29.9. The quantitative estimate of drug-likeness (QED) is 0.0527. The summed E-state index contributed by atoms with van der Waals surface area (Å²) in [6.45, 7) is 7.89. The Morgan fingerprint density at radius 1 is 0.609 bits per heavy atom. The van der Waals surface area contributed by atoms with Gasteiger partial charge in [0.2, 0.25) is 0 Å². The molecule has 1 unspecified atom stereocenters. The Hall–Kier alpha value is -2.17. The molecule has 0 aliphatic carbocycles. The number of carbonyl (C=O) groups excluding carboxylic acids is 1. The first-order valence-corrected chi connectivity index (χ1v) is 19.3. The van der Waals surface area contributed by atoms with Crippen LogP contribution in [0, 0.1) is 0 Å². The molecule has 4 nitrogen and oxygen atoms in total. The average molecular weight is 637 g/mol. The fourth-order valence-electron chi connectivity index (χ4n) is 6.79. The summed E-state index contributed by atoms with van der Waals surface area (Å²) in [5, 5.41) is 11.4. The van der Waals surface area contributed by atoms with Gasteiger partial charge in [-0.05, 0) is 12.8 Å². The van der Waals surface area contributed by atoms with Crippen LogP contribution in [0.15, 0.2) is 60.7 Å². The molecule has 2 aromatic carbocycles. The highest BCUT2D eigenvalue weighted by molar-refractivity contribution is 5.69. The molecule has 0 saturated heterocycles. The molecule has 0 aromatic heterocycles. The molecule has 260 valence electrons. The molecule has 1 N–H and O–H groups in total. The van der Waals surface area contributed by atoms with Crippen LogP contribution < -0.4 is 0 Å². The lowest BCUT2D eigenvalue weighted by Crippen LogP contribution is -2.52. The van der Waals surface area contributed by atoms with Crippen molar-refractivity contribution in [2.45, 2.75) is 168 Å². The Balaban J connectivity index is 1.87. The van der Waals surface area contributed by atoms with Gasteiger partial charge in [0.1, 0.15) is 38.9 Å². The molecular formula is C42H70NO3+. The van der Waals surface area contributed by atoms with E-state index < -0.39 is 0 Å². The van der Waals surface area contributed by atoms with Crippen LogP contribution >= 0.6 is 0 Å². The van der Waals surface area contributed by atoms with Crippen LogP contribution in [0.25, 0.3) is 0 Å². The molecule has 0 radical (unpaired) electrons. The molecule has 0 spiro atoms. The third-order valence-corrected chi connectivity index (χ3v) is 9.52. The lowest BCUT2D eigenvalue weighted by atomic mass is 10.0. The normalized spacial score (nSPS) is 12.3. The van der Waals surface area contributed by atoms with Gasteiger partial charge in [-0.2, -0.15) is 0 Å². The smallest absolute Gasteiger partial charge is 0.305 e. The Morgan fingerprint density at radius 2 is 1.02 bits per heavy atom. The third-order valence-electron chi connectivity index (χ3n) is 9.52. The second-order valence-corrected chi connectivity index (χ2v) is 14.0. The van der Waals surface area contributed by atoms with E-state index in [-0.39, 0.29) is 12.1 Å². The fraction of sp³-hybridized carbons (Fsp3) is 0.690. The SMILES string of the molecule is CCCCCCCCCCCCCC(=O)OCC[N+](Cc1ccccc1)(Cc1ccccc1)CC(O)CCCCCCCCCC. The monoisotopic (exact) mass is 637 g/mol. The summed E-state index contributed by atoms with van der Waals surface area (Å²) < 4.78 is 6.54. The van der Waals surface area contributed by atoms with Gasteiger partial charge in [-0.15, -0.1) is 0 Å². The van der Waals surface area contributed by atoms with Crippen LogP contribution in [0.5, 0.6) is 0 Å². The van der Waals surface area contributed by atoms with E-state index in [0.29, 0.717) is 30.6 Å². The molecule has 2 rings (SSSR count). The van der Waals surface area contributed by atoms with Crippen LogP contribution in [0.2, 0.25) is 0 Å². The number of aliphatic hydroxyl groups excluding tert-OH is 1. The predicted octanol–water partition coefficient (Wildman–Crippen LogP) is 11.3. The van der Waals surface area contributed by atoms with Crippen molar-refractivity contribution < 1.29 is 19.1 Å². The van der Waals surface area contributed by atoms with E-state index in [1.165, 1.54) is 114 Å². The largest absolute Gasteiger partial charge is 0.460 e. The van der Waals surface area contributed by atoms with E-state index in [1.807, 2.05) is 0 Å². The van der Waals surface area contributed by atoms with Gasteiger partial charge >= 0.3 is 5.97 Å². The van der Waals surface area contributed by atoms with Gasteiger partial charge in [-0.25, -0.2) is 0 Å². The van der Waals surface area contributed by atoms with Crippen molar-refractivity contribution in [1.82, 2.24) is 0 Å². The minimum atomic E-state index is -0.375. The van der Waals surface area contributed by atoms with Crippen molar-refractivity contribution in [3.8, 4) is 0 Å². The Morgan fingerprint density at radius 3 is 1.48 bits per heavy atom. The van der Waals surface area contributed by atoms with Gasteiger partial charge in [0, 0.05) is 17.5 Å². The molecule has 0 amide bonds. The Labute approximate surface area is 283 Å². The first-order valence-electron chi connectivity index (χ1n) is 19.3. The van der Waals surface area contributed by atoms with Crippen molar-refractivity contribution in [3.05, 3.63) is 71.8 Å². The van der Waals surface area contributed by atoms with Crippen LogP contribution in [0.1, 0.15) is 160 Å². The van der Waals surface area contributed by atoms with Gasteiger partial charge in [0.15, 0.2) is 0 Å². The number of esters is 1. The van der Waals surface area contributed by atoms with Gasteiger partial charge in [0.25, 0.3) is 0 Å². The van der Waals surface area contributed by atoms with Crippen molar-refractivity contribution in [3.63, 3.8) is 0 Å². The molecule has 0 fully saturated rings.